The second-order valence-corrected chi connectivity index (χ2v) is 7.43. The van der Waals surface area contributed by atoms with E-state index in [1.54, 1.807) is 24.3 Å². The van der Waals surface area contributed by atoms with Crippen LogP contribution in [0.5, 0.6) is 0 Å². The van der Waals surface area contributed by atoms with Crippen LogP contribution in [0, 0.1) is 0 Å². The van der Waals surface area contributed by atoms with Crippen molar-refractivity contribution in [1.82, 2.24) is 15.0 Å². The van der Waals surface area contributed by atoms with Gasteiger partial charge in [-0.2, -0.15) is 0 Å². The highest BCUT2D eigenvalue weighted by Gasteiger charge is 2.09. The third kappa shape index (κ3) is 5.36. The summed E-state index contributed by atoms with van der Waals surface area (Å²) < 4.78 is 1.87. The molecule has 0 radical (unpaired) electrons. The van der Waals surface area contributed by atoms with E-state index < -0.39 is 0 Å². The van der Waals surface area contributed by atoms with Crippen molar-refractivity contribution < 1.29 is 4.79 Å². The minimum atomic E-state index is -0.202. The molecule has 0 aliphatic carbocycles. The van der Waals surface area contributed by atoms with E-state index in [-0.39, 0.29) is 5.91 Å². The molecule has 156 valence electrons. The Morgan fingerprint density at radius 3 is 2.42 bits per heavy atom. The predicted octanol–water partition coefficient (Wildman–Crippen LogP) is 4.80. The first-order valence-electron chi connectivity index (χ1n) is 10.4. The van der Waals surface area contributed by atoms with Crippen LogP contribution in [-0.4, -0.2) is 20.9 Å². The van der Waals surface area contributed by atoms with Crippen molar-refractivity contribution in [3.05, 3.63) is 96.2 Å². The topological polar surface area (TPSA) is 85.8 Å². The third-order valence-electron chi connectivity index (χ3n) is 5.14. The van der Waals surface area contributed by atoms with Crippen molar-refractivity contribution in [2.45, 2.75) is 25.8 Å². The van der Waals surface area contributed by atoms with Crippen molar-refractivity contribution >= 4 is 17.3 Å². The second-order valence-electron chi connectivity index (χ2n) is 7.43. The van der Waals surface area contributed by atoms with Crippen LogP contribution in [0.1, 0.15) is 28.8 Å². The number of nitrogens with zero attached hydrogens (tertiary/aromatic N) is 3. The van der Waals surface area contributed by atoms with Crippen LogP contribution < -0.4 is 11.1 Å². The highest BCUT2D eigenvalue weighted by atomic mass is 16.1. The van der Waals surface area contributed by atoms with Gasteiger partial charge in [-0.3, -0.25) is 9.48 Å². The minimum Gasteiger partial charge on any atom is -0.397 e. The van der Waals surface area contributed by atoms with E-state index in [9.17, 15) is 4.79 Å². The lowest BCUT2D eigenvalue weighted by atomic mass is 10.1. The van der Waals surface area contributed by atoms with Gasteiger partial charge in [-0.05, 0) is 49.1 Å². The summed E-state index contributed by atoms with van der Waals surface area (Å²) in [5.41, 5.74) is 10.7. The van der Waals surface area contributed by atoms with Gasteiger partial charge >= 0.3 is 0 Å². The molecule has 0 saturated heterocycles. The van der Waals surface area contributed by atoms with Gasteiger partial charge in [-0.15, -0.1) is 5.10 Å². The second kappa shape index (κ2) is 9.71. The summed E-state index contributed by atoms with van der Waals surface area (Å²) >= 11 is 0. The summed E-state index contributed by atoms with van der Waals surface area (Å²) in [6.07, 6.45) is 5.16. The summed E-state index contributed by atoms with van der Waals surface area (Å²) in [6.45, 7) is 0.832. The molecule has 1 heterocycles. The van der Waals surface area contributed by atoms with Gasteiger partial charge in [0.05, 0.1) is 17.6 Å². The number of carbonyl (C=O) groups is 1. The number of nitrogen functional groups attached to an aromatic ring is 1. The van der Waals surface area contributed by atoms with Crippen molar-refractivity contribution in [2.75, 3.05) is 11.1 Å². The lowest BCUT2D eigenvalue weighted by Gasteiger charge is -2.08. The zero-order valence-corrected chi connectivity index (χ0v) is 17.2. The number of rotatable bonds is 8. The molecular weight excluding hydrogens is 386 g/mol. The Morgan fingerprint density at radius 2 is 1.65 bits per heavy atom. The van der Waals surface area contributed by atoms with Crippen molar-refractivity contribution in [3.63, 3.8) is 0 Å². The zero-order chi connectivity index (χ0) is 21.5. The maximum absolute atomic E-state index is 12.5. The lowest BCUT2D eigenvalue weighted by molar-refractivity contribution is 0.102. The van der Waals surface area contributed by atoms with Gasteiger partial charge < -0.3 is 11.1 Å². The Hall–Kier alpha value is -3.93. The number of carbonyl (C=O) groups excluding carboxylic acids is 1. The molecule has 0 bridgehead atoms. The van der Waals surface area contributed by atoms with Crippen molar-refractivity contribution in [2.24, 2.45) is 0 Å². The van der Waals surface area contributed by atoms with Gasteiger partial charge in [0.15, 0.2) is 0 Å². The average molecular weight is 412 g/mol. The molecule has 6 nitrogen and oxygen atoms in total. The van der Waals surface area contributed by atoms with Crippen molar-refractivity contribution in [3.8, 4) is 11.3 Å². The molecule has 0 aliphatic heterocycles. The molecule has 0 unspecified atom stereocenters. The molecule has 0 atom stereocenters. The summed E-state index contributed by atoms with van der Waals surface area (Å²) in [7, 11) is 0. The fraction of sp³-hybridized carbons (Fsp3) is 0.160. The third-order valence-corrected chi connectivity index (χ3v) is 5.14. The van der Waals surface area contributed by atoms with Crippen LogP contribution >= 0.6 is 0 Å². The minimum absolute atomic E-state index is 0.202. The van der Waals surface area contributed by atoms with Crippen LogP contribution in [0.15, 0.2) is 85.1 Å². The SMILES string of the molecule is Nc1ccccc1NC(=O)c1ccc(-c2cn(CCCCc3ccccc3)nn2)cc1. The van der Waals surface area contributed by atoms with Gasteiger partial charge in [0.25, 0.3) is 5.91 Å². The first-order chi connectivity index (χ1) is 15.2. The smallest absolute Gasteiger partial charge is 0.255 e. The fourth-order valence-corrected chi connectivity index (χ4v) is 3.39. The molecule has 0 fully saturated rings. The van der Waals surface area contributed by atoms with Crippen LogP contribution in [0.3, 0.4) is 0 Å². The zero-order valence-electron chi connectivity index (χ0n) is 17.2. The summed E-state index contributed by atoms with van der Waals surface area (Å²) in [5, 5.41) is 11.3. The Balaban J connectivity index is 1.31. The molecule has 3 aromatic carbocycles. The first kappa shape index (κ1) is 20.3. The number of para-hydroxylation sites is 2. The monoisotopic (exact) mass is 411 g/mol. The van der Waals surface area contributed by atoms with Crippen LogP contribution in [0.25, 0.3) is 11.3 Å². The molecule has 0 spiro atoms. The van der Waals surface area contributed by atoms with Gasteiger partial charge in [-0.25, -0.2) is 0 Å². The lowest BCUT2D eigenvalue weighted by Crippen LogP contribution is -2.12. The number of benzene rings is 3. The molecular formula is C25H25N5O. The van der Waals surface area contributed by atoms with E-state index >= 15 is 0 Å². The maximum Gasteiger partial charge on any atom is 0.255 e. The van der Waals surface area contributed by atoms with E-state index in [4.69, 9.17) is 5.73 Å². The molecule has 4 rings (SSSR count). The quantitative estimate of drug-likeness (QED) is 0.322. The average Bonchev–Trinajstić information content (AvgIpc) is 3.28. The molecule has 3 N–H and O–H groups in total. The summed E-state index contributed by atoms with van der Waals surface area (Å²) in [5.74, 6) is -0.202. The molecule has 1 aromatic heterocycles. The van der Waals surface area contributed by atoms with E-state index in [0.717, 1.165) is 37.1 Å². The van der Waals surface area contributed by atoms with Gasteiger partial charge in [0.2, 0.25) is 0 Å². The largest absolute Gasteiger partial charge is 0.397 e. The number of hydrogen-bond donors (Lipinski definition) is 2. The number of nitrogens with two attached hydrogens (primary N) is 1. The molecule has 31 heavy (non-hydrogen) atoms. The van der Waals surface area contributed by atoms with Gasteiger partial charge in [0.1, 0.15) is 5.69 Å². The summed E-state index contributed by atoms with van der Waals surface area (Å²) in [6, 6.07) is 25.0. The fourth-order valence-electron chi connectivity index (χ4n) is 3.39. The number of aromatic nitrogens is 3. The Bertz CT molecular complexity index is 1140. The molecule has 0 aliphatic rings. The Morgan fingerprint density at radius 1 is 0.903 bits per heavy atom. The van der Waals surface area contributed by atoms with Crippen LogP contribution in [-0.2, 0) is 13.0 Å². The van der Waals surface area contributed by atoms with Crippen LogP contribution in [0.2, 0.25) is 0 Å². The van der Waals surface area contributed by atoms with E-state index in [0.29, 0.717) is 16.9 Å². The Kier molecular flexibility index (Phi) is 6.38. The molecule has 4 aromatic rings. The van der Waals surface area contributed by atoms with Crippen LogP contribution in [0.4, 0.5) is 11.4 Å². The summed E-state index contributed by atoms with van der Waals surface area (Å²) in [4.78, 5) is 12.5. The number of unbranched alkanes of at least 4 members (excludes halogenated alkanes) is 1. The Labute approximate surface area is 181 Å². The highest BCUT2D eigenvalue weighted by Crippen LogP contribution is 2.20. The van der Waals surface area contributed by atoms with Crippen molar-refractivity contribution in [1.29, 1.82) is 0 Å². The number of hydrogen-bond acceptors (Lipinski definition) is 4. The van der Waals surface area contributed by atoms with E-state index in [1.165, 1.54) is 5.56 Å². The van der Waals surface area contributed by atoms with Gasteiger partial charge in [0, 0.05) is 17.7 Å². The van der Waals surface area contributed by atoms with Gasteiger partial charge in [-0.1, -0.05) is 59.8 Å². The predicted molar refractivity (Wildman–Crippen MR) is 124 cm³/mol. The molecule has 6 heteroatoms. The number of amides is 1. The number of nitrogens with one attached hydrogen (secondary N) is 1. The van der Waals surface area contributed by atoms with E-state index in [1.807, 2.05) is 41.2 Å². The number of anilines is 2. The molecule has 1 amide bonds. The molecule has 0 saturated carbocycles. The first-order valence-corrected chi connectivity index (χ1v) is 10.4. The standard InChI is InChI=1S/C25H25N5O/c26-22-11-4-5-12-23(22)27-25(31)21-15-13-20(14-16-21)24-18-30(29-28-24)17-7-6-10-19-8-2-1-3-9-19/h1-5,8-9,11-16,18H,6-7,10,17,26H2,(H,27,31). The maximum atomic E-state index is 12.5. The highest BCUT2D eigenvalue weighted by molar-refractivity contribution is 6.05. The number of aryl methyl sites for hydroxylation is 2. The van der Waals surface area contributed by atoms with E-state index in [2.05, 4.69) is 39.9 Å². The normalized spacial score (nSPS) is 10.7.